The van der Waals surface area contributed by atoms with Crippen LogP contribution in [0, 0.1) is 23.7 Å². The van der Waals surface area contributed by atoms with Gasteiger partial charge in [-0.3, -0.25) is 9.59 Å². The molecular formula is C16H14F3NO3. The van der Waals surface area contributed by atoms with Crippen molar-refractivity contribution >= 4 is 17.6 Å². The van der Waals surface area contributed by atoms with Crippen molar-refractivity contribution in [2.24, 2.45) is 23.7 Å². The molecule has 3 rings (SSSR count). The van der Waals surface area contributed by atoms with E-state index in [0.717, 1.165) is 6.07 Å². The predicted octanol–water partition coefficient (Wildman–Crippen LogP) is 3.17. The Labute approximate surface area is 130 Å². The number of carbonyl (C=O) groups is 2. The van der Waals surface area contributed by atoms with Crippen molar-refractivity contribution in [3.8, 4) is 0 Å². The van der Waals surface area contributed by atoms with Crippen LogP contribution in [0.1, 0.15) is 12.0 Å². The van der Waals surface area contributed by atoms with Crippen molar-refractivity contribution in [2.45, 2.75) is 12.6 Å². The molecule has 0 heterocycles. The van der Waals surface area contributed by atoms with Crippen molar-refractivity contribution in [3.05, 3.63) is 42.0 Å². The van der Waals surface area contributed by atoms with E-state index in [-0.39, 0.29) is 17.5 Å². The molecule has 23 heavy (non-hydrogen) atoms. The monoisotopic (exact) mass is 325 g/mol. The lowest BCUT2D eigenvalue weighted by atomic mass is 9.82. The van der Waals surface area contributed by atoms with Crippen LogP contribution < -0.4 is 5.32 Å². The Morgan fingerprint density at radius 2 is 1.70 bits per heavy atom. The molecule has 2 bridgehead atoms. The zero-order valence-electron chi connectivity index (χ0n) is 11.9. The van der Waals surface area contributed by atoms with Crippen molar-refractivity contribution < 1.29 is 27.9 Å². The topological polar surface area (TPSA) is 66.4 Å². The van der Waals surface area contributed by atoms with E-state index in [9.17, 15) is 27.9 Å². The molecule has 2 aliphatic carbocycles. The molecule has 1 saturated carbocycles. The fourth-order valence-electron chi connectivity index (χ4n) is 3.57. The summed E-state index contributed by atoms with van der Waals surface area (Å²) >= 11 is 0. The molecule has 1 aromatic rings. The number of amides is 1. The molecule has 1 aromatic carbocycles. The van der Waals surface area contributed by atoms with E-state index >= 15 is 0 Å². The minimum Gasteiger partial charge on any atom is -0.481 e. The molecule has 7 heteroatoms. The Hall–Kier alpha value is -2.31. The lowest BCUT2D eigenvalue weighted by Gasteiger charge is -2.24. The minimum absolute atomic E-state index is 0.230. The molecule has 122 valence electrons. The van der Waals surface area contributed by atoms with Gasteiger partial charge in [0.1, 0.15) is 0 Å². The molecule has 4 atom stereocenters. The fourth-order valence-corrected chi connectivity index (χ4v) is 3.57. The van der Waals surface area contributed by atoms with Crippen LogP contribution in [0.15, 0.2) is 36.4 Å². The van der Waals surface area contributed by atoms with Gasteiger partial charge in [-0.05, 0) is 30.4 Å². The van der Waals surface area contributed by atoms with E-state index in [0.29, 0.717) is 6.42 Å². The molecule has 0 radical (unpaired) electrons. The normalized spacial score (nSPS) is 28.8. The molecule has 1 fully saturated rings. The van der Waals surface area contributed by atoms with Crippen LogP contribution in [0.3, 0.4) is 0 Å². The SMILES string of the molecule is O=C(O)[C@@H]1[C@@H](C(=O)Nc2ccccc2C(F)(F)F)[C@H]2C=C[C@@H]1C2. The predicted molar refractivity (Wildman–Crippen MR) is 75.4 cm³/mol. The van der Waals surface area contributed by atoms with Crippen LogP contribution in [0.25, 0.3) is 0 Å². The standard InChI is InChI=1S/C16H14F3NO3/c17-16(18,19)10-3-1-2-4-11(10)20-14(21)12-8-5-6-9(7-8)13(12)15(22)23/h1-6,8-9,12-13H,7H2,(H,20,21)(H,22,23)/t8-,9+,12-,13-/m0/s1. The largest absolute Gasteiger partial charge is 0.481 e. The molecule has 0 aromatic heterocycles. The number of nitrogens with one attached hydrogen (secondary N) is 1. The highest BCUT2D eigenvalue weighted by molar-refractivity contribution is 5.97. The van der Waals surface area contributed by atoms with E-state index in [1.54, 1.807) is 12.2 Å². The number of alkyl halides is 3. The number of fused-ring (bicyclic) bond motifs is 2. The van der Waals surface area contributed by atoms with E-state index in [1.807, 2.05) is 0 Å². The number of hydrogen-bond acceptors (Lipinski definition) is 2. The second-order valence-corrected chi connectivity index (χ2v) is 5.87. The molecule has 0 aliphatic heterocycles. The van der Waals surface area contributed by atoms with Crippen LogP contribution in [0.2, 0.25) is 0 Å². The number of benzene rings is 1. The molecule has 0 unspecified atom stereocenters. The van der Waals surface area contributed by atoms with E-state index in [1.165, 1.54) is 18.2 Å². The first-order valence-electron chi connectivity index (χ1n) is 7.17. The van der Waals surface area contributed by atoms with Crippen LogP contribution in [0.5, 0.6) is 0 Å². The fraction of sp³-hybridized carbons (Fsp3) is 0.375. The Morgan fingerprint density at radius 1 is 1.09 bits per heavy atom. The number of anilines is 1. The summed E-state index contributed by atoms with van der Waals surface area (Å²) in [5.41, 5.74) is -1.29. The maximum Gasteiger partial charge on any atom is 0.418 e. The number of aliphatic carboxylic acids is 1. The third-order valence-electron chi connectivity index (χ3n) is 4.54. The Bertz CT molecular complexity index is 683. The Kier molecular flexibility index (Phi) is 3.66. The number of carboxylic acids is 1. The first-order chi connectivity index (χ1) is 10.8. The van der Waals surface area contributed by atoms with Gasteiger partial charge >= 0.3 is 12.1 Å². The van der Waals surface area contributed by atoms with Crippen molar-refractivity contribution in [3.63, 3.8) is 0 Å². The van der Waals surface area contributed by atoms with Crippen LogP contribution in [-0.4, -0.2) is 17.0 Å². The highest BCUT2D eigenvalue weighted by Crippen LogP contribution is 2.48. The molecule has 1 amide bonds. The summed E-state index contributed by atoms with van der Waals surface area (Å²) in [6.07, 6.45) is -0.485. The number of carboxylic acid groups (broad SMARTS) is 1. The van der Waals surface area contributed by atoms with Gasteiger partial charge in [0, 0.05) is 0 Å². The average molecular weight is 325 g/mol. The van der Waals surface area contributed by atoms with Crippen LogP contribution in [0.4, 0.5) is 18.9 Å². The summed E-state index contributed by atoms with van der Waals surface area (Å²) < 4.78 is 38.9. The Morgan fingerprint density at radius 3 is 2.30 bits per heavy atom. The zero-order valence-corrected chi connectivity index (χ0v) is 11.9. The van der Waals surface area contributed by atoms with Gasteiger partial charge in [-0.25, -0.2) is 0 Å². The molecule has 0 saturated heterocycles. The van der Waals surface area contributed by atoms with Gasteiger partial charge in [0.25, 0.3) is 0 Å². The van der Waals surface area contributed by atoms with Crippen molar-refractivity contribution in [1.29, 1.82) is 0 Å². The van der Waals surface area contributed by atoms with Gasteiger partial charge in [-0.1, -0.05) is 24.3 Å². The van der Waals surface area contributed by atoms with Gasteiger partial charge in [0.2, 0.25) is 5.91 Å². The number of carbonyl (C=O) groups excluding carboxylic acids is 1. The van der Waals surface area contributed by atoms with Crippen molar-refractivity contribution in [2.75, 3.05) is 5.32 Å². The molecule has 4 nitrogen and oxygen atoms in total. The van der Waals surface area contributed by atoms with E-state index in [4.69, 9.17) is 0 Å². The second-order valence-electron chi connectivity index (χ2n) is 5.87. The zero-order chi connectivity index (χ0) is 16.8. The molecule has 2 aliphatic rings. The average Bonchev–Trinajstić information content (AvgIpc) is 3.07. The minimum atomic E-state index is -4.59. The highest BCUT2D eigenvalue weighted by atomic mass is 19.4. The third kappa shape index (κ3) is 2.71. The summed E-state index contributed by atoms with van der Waals surface area (Å²) in [5.74, 6) is -3.96. The van der Waals surface area contributed by atoms with Crippen molar-refractivity contribution in [1.82, 2.24) is 0 Å². The van der Waals surface area contributed by atoms with Crippen LogP contribution in [-0.2, 0) is 15.8 Å². The summed E-state index contributed by atoms with van der Waals surface area (Å²) in [7, 11) is 0. The van der Waals surface area contributed by atoms with Crippen LogP contribution >= 0.6 is 0 Å². The summed E-state index contributed by atoms with van der Waals surface area (Å²) in [6, 6.07) is 4.67. The van der Waals surface area contributed by atoms with E-state index < -0.39 is 35.5 Å². The number of para-hydroxylation sites is 1. The highest BCUT2D eigenvalue weighted by Gasteiger charge is 2.51. The summed E-state index contributed by atoms with van der Waals surface area (Å²) in [5, 5.41) is 11.6. The quantitative estimate of drug-likeness (QED) is 0.839. The number of halogens is 3. The maximum absolute atomic E-state index is 13.0. The lowest BCUT2D eigenvalue weighted by molar-refractivity contribution is -0.147. The number of rotatable bonds is 3. The first-order valence-corrected chi connectivity index (χ1v) is 7.17. The lowest BCUT2D eigenvalue weighted by Crippen LogP contribution is -2.36. The smallest absolute Gasteiger partial charge is 0.418 e. The molecule has 0 spiro atoms. The Balaban J connectivity index is 1.86. The summed E-state index contributed by atoms with van der Waals surface area (Å²) in [6.45, 7) is 0. The molecule has 2 N–H and O–H groups in total. The number of hydrogen-bond donors (Lipinski definition) is 2. The van der Waals surface area contributed by atoms with E-state index in [2.05, 4.69) is 5.32 Å². The third-order valence-corrected chi connectivity index (χ3v) is 4.54. The van der Waals surface area contributed by atoms with Gasteiger partial charge < -0.3 is 10.4 Å². The number of allylic oxidation sites excluding steroid dienone is 2. The second kappa shape index (κ2) is 5.40. The molecular weight excluding hydrogens is 311 g/mol. The van der Waals surface area contributed by atoms with Gasteiger partial charge in [-0.2, -0.15) is 13.2 Å². The maximum atomic E-state index is 13.0. The van der Waals surface area contributed by atoms with Gasteiger partial charge in [-0.15, -0.1) is 0 Å². The van der Waals surface area contributed by atoms with Gasteiger partial charge in [0.05, 0.1) is 23.1 Å². The first kappa shape index (κ1) is 15.6. The summed E-state index contributed by atoms with van der Waals surface area (Å²) in [4.78, 5) is 23.8. The van der Waals surface area contributed by atoms with Gasteiger partial charge in [0.15, 0.2) is 0 Å².